The van der Waals surface area contributed by atoms with Gasteiger partial charge < -0.3 is 14.8 Å². The minimum atomic E-state index is -0.517. The molecule has 2 aromatic rings. The fourth-order valence-corrected chi connectivity index (χ4v) is 3.26. The Morgan fingerprint density at radius 3 is 2.87 bits per heavy atom. The third-order valence-electron chi connectivity index (χ3n) is 4.32. The lowest BCUT2D eigenvalue weighted by Crippen LogP contribution is -2.35. The summed E-state index contributed by atoms with van der Waals surface area (Å²) in [6.45, 7) is 0.221. The molecule has 1 aromatic heterocycles. The van der Waals surface area contributed by atoms with Crippen LogP contribution in [0.5, 0.6) is 0 Å². The van der Waals surface area contributed by atoms with E-state index in [1.54, 1.807) is 18.2 Å². The number of carbonyl (C=O) groups is 1. The van der Waals surface area contributed by atoms with Gasteiger partial charge in [-0.25, -0.2) is 4.98 Å². The van der Waals surface area contributed by atoms with Gasteiger partial charge in [-0.1, -0.05) is 36.6 Å². The van der Waals surface area contributed by atoms with E-state index < -0.39 is 6.10 Å². The van der Waals surface area contributed by atoms with E-state index in [1.807, 2.05) is 6.07 Å². The average Bonchev–Trinajstić information content (AvgIpc) is 3.24. The molecule has 1 fully saturated rings. The molecule has 0 saturated heterocycles. The Balaban J connectivity index is 1.69. The second-order valence-electron chi connectivity index (χ2n) is 5.83. The summed E-state index contributed by atoms with van der Waals surface area (Å²) in [4.78, 5) is 16.3. The highest BCUT2D eigenvalue weighted by Crippen LogP contribution is 2.30. The van der Waals surface area contributed by atoms with Crippen molar-refractivity contribution >= 4 is 17.5 Å². The van der Waals surface area contributed by atoms with Gasteiger partial charge in [0.2, 0.25) is 0 Å². The summed E-state index contributed by atoms with van der Waals surface area (Å²) in [6.07, 6.45) is 5.04. The summed E-state index contributed by atoms with van der Waals surface area (Å²) in [6, 6.07) is 7.12. The standard InChI is InChI=1S/C17H19ClN2O3/c18-13-8-4-3-7-12(13)16-15(20-10-23-16)17(22)19-9-14(21)11-5-1-2-6-11/h3-4,7-8,10-11,14,21H,1-2,5-6,9H2,(H,19,22). The number of halogens is 1. The van der Waals surface area contributed by atoms with Crippen LogP contribution in [0.15, 0.2) is 35.1 Å². The SMILES string of the molecule is O=C(NCC(O)C1CCCC1)c1ncoc1-c1ccccc1Cl. The third-order valence-corrected chi connectivity index (χ3v) is 4.65. The molecule has 1 unspecified atom stereocenters. The van der Waals surface area contributed by atoms with Crippen LogP contribution >= 0.6 is 11.6 Å². The fourth-order valence-electron chi connectivity index (χ4n) is 3.03. The topological polar surface area (TPSA) is 75.4 Å². The van der Waals surface area contributed by atoms with Crippen molar-refractivity contribution in [2.45, 2.75) is 31.8 Å². The van der Waals surface area contributed by atoms with Crippen LogP contribution in [0.1, 0.15) is 36.2 Å². The molecule has 6 heteroatoms. The lowest BCUT2D eigenvalue weighted by atomic mass is 10.0. The predicted molar refractivity (Wildman–Crippen MR) is 87.2 cm³/mol. The number of oxazole rings is 1. The van der Waals surface area contributed by atoms with Gasteiger partial charge >= 0.3 is 0 Å². The highest BCUT2D eigenvalue weighted by molar-refractivity contribution is 6.33. The molecule has 0 spiro atoms. The van der Waals surface area contributed by atoms with Crippen LogP contribution in [0.2, 0.25) is 5.02 Å². The van der Waals surface area contributed by atoms with Crippen LogP contribution in [0.25, 0.3) is 11.3 Å². The molecule has 0 radical (unpaired) electrons. The van der Waals surface area contributed by atoms with Crippen LogP contribution in [0, 0.1) is 5.92 Å². The maximum atomic E-state index is 12.3. The Bertz CT molecular complexity index is 680. The Labute approximate surface area is 139 Å². The van der Waals surface area contributed by atoms with E-state index in [2.05, 4.69) is 10.3 Å². The second-order valence-corrected chi connectivity index (χ2v) is 6.24. The van der Waals surface area contributed by atoms with E-state index in [9.17, 15) is 9.90 Å². The summed E-state index contributed by atoms with van der Waals surface area (Å²) < 4.78 is 5.34. The van der Waals surface area contributed by atoms with Crippen molar-refractivity contribution < 1.29 is 14.3 Å². The monoisotopic (exact) mass is 334 g/mol. The molecule has 23 heavy (non-hydrogen) atoms. The van der Waals surface area contributed by atoms with E-state index in [-0.39, 0.29) is 24.1 Å². The number of benzene rings is 1. The van der Waals surface area contributed by atoms with E-state index in [0.29, 0.717) is 16.3 Å². The number of nitrogens with zero attached hydrogens (tertiary/aromatic N) is 1. The van der Waals surface area contributed by atoms with Crippen LogP contribution in [0.4, 0.5) is 0 Å². The van der Waals surface area contributed by atoms with Crippen LogP contribution < -0.4 is 5.32 Å². The highest BCUT2D eigenvalue weighted by atomic mass is 35.5. The van der Waals surface area contributed by atoms with E-state index in [0.717, 1.165) is 25.7 Å². The average molecular weight is 335 g/mol. The van der Waals surface area contributed by atoms with Gasteiger partial charge in [0.15, 0.2) is 17.8 Å². The smallest absolute Gasteiger partial charge is 0.274 e. The summed E-state index contributed by atoms with van der Waals surface area (Å²) in [5.74, 6) is 0.241. The number of hydrogen-bond acceptors (Lipinski definition) is 4. The molecule has 1 amide bonds. The molecule has 3 rings (SSSR count). The van der Waals surface area contributed by atoms with E-state index in [4.69, 9.17) is 16.0 Å². The van der Waals surface area contributed by atoms with Crippen LogP contribution in [-0.4, -0.2) is 28.6 Å². The van der Waals surface area contributed by atoms with Crippen LogP contribution in [0.3, 0.4) is 0 Å². The maximum absolute atomic E-state index is 12.3. The molecule has 1 heterocycles. The number of amides is 1. The first-order valence-electron chi connectivity index (χ1n) is 7.81. The molecule has 122 valence electrons. The van der Waals surface area contributed by atoms with Crippen molar-refractivity contribution in [3.05, 3.63) is 41.4 Å². The minimum Gasteiger partial charge on any atom is -0.443 e. The lowest BCUT2D eigenvalue weighted by Gasteiger charge is -2.17. The van der Waals surface area contributed by atoms with Gasteiger partial charge in [0.05, 0.1) is 11.1 Å². The zero-order valence-corrected chi connectivity index (χ0v) is 13.4. The van der Waals surface area contributed by atoms with Gasteiger partial charge in [-0.3, -0.25) is 4.79 Å². The molecule has 1 atom stereocenters. The largest absolute Gasteiger partial charge is 0.443 e. The van der Waals surface area contributed by atoms with Crippen molar-refractivity contribution in [1.29, 1.82) is 0 Å². The molecule has 1 aliphatic rings. The number of nitrogens with one attached hydrogen (secondary N) is 1. The lowest BCUT2D eigenvalue weighted by molar-refractivity contribution is 0.0837. The number of hydrogen-bond donors (Lipinski definition) is 2. The Hall–Kier alpha value is -1.85. The molecule has 0 bridgehead atoms. The normalized spacial score (nSPS) is 16.4. The van der Waals surface area contributed by atoms with E-state index in [1.165, 1.54) is 6.39 Å². The molecule has 1 aromatic carbocycles. The number of aromatic nitrogens is 1. The minimum absolute atomic E-state index is 0.178. The molecular weight excluding hydrogens is 316 g/mol. The first kappa shape index (κ1) is 16.0. The molecule has 5 nitrogen and oxygen atoms in total. The second kappa shape index (κ2) is 7.15. The van der Waals surface area contributed by atoms with E-state index >= 15 is 0 Å². The van der Waals surface area contributed by atoms with Crippen molar-refractivity contribution in [2.24, 2.45) is 5.92 Å². The third kappa shape index (κ3) is 3.57. The summed E-state index contributed by atoms with van der Waals surface area (Å²) >= 11 is 6.15. The van der Waals surface area contributed by atoms with Gasteiger partial charge in [-0.05, 0) is 30.9 Å². The maximum Gasteiger partial charge on any atom is 0.274 e. The van der Waals surface area contributed by atoms with Crippen molar-refractivity contribution in [2.75, 3.05) is 6.54 Å². The summed E-state index contributed by atoms with van der Waals surface area (Å²) in [5, 5.41) is 13.4. The number of aliphatic hydroxyl groups is 1. The van der Waals surface area contributed by atoms with Gasteiger partial charge in [0.25, 0.3) is 5.91 Å². The molecule has 2 N–H and O–H groups in total. The van der Waals surface area contributed by atoms with Crippen molar-refractivity contribution in [1.82, 2.24) is 10.3 Å². The van der Waals surface area contributed by atoms with Gasteiger partial charge in [0.1, 0.15) is 0 Å². The zero-order valence-electron chi connectivity index (χ0n) is 12.7. The van der Waals surface area contributed by atoms with Gasteiger partial charge in [-0.2, -0.15) is 0 Å². The molecule has 1 saturated carbocycles. The number of carbonyl (C=O) groups excluding carboxylic acids is 1. The summed E-state index contributed by atoms with van der Waals surface area (Å²) in [5.41, 5.74) is 0.796. The van der Waals surface area contributed by atoms with Gasteiger partial charge in [-0.15, -0.1) is 0 Å². The van der Waals surface area contributed by atoms with Crippen LogP contribution in [-0.2, 0) is 0 Å². The Morgan fingerprint density at radius 2 is 2.13 bits per heavy atom. The first-order valence-corrected chi connectivity index (χ1v) is 8.19. The fraction of sp³-hybridized carbons (Fsp3) is 0.412. The Morgan fingerprint density at radius 1 is 1.39 bits per heavy atom. The highest BCUT2D eigenvalue weighted by Gasteiger charge is 2.25. The molecular formula is C17H19ClN2O3. The predicted octanol–water partition coefficient (Wildman–Crippen LogP) is 3.28. The van der Waals surface area contributed by atoms with Crippen molar-refractivity contribution in [3.8, 4) is 11.3 Å². The number of aliphatic hydroxyl groups excluding tert-OH is 1. The number of rotatable bonds is 5. The summed E-state index contributed by atoms with van der Waals surface area (Å²) in [7, 11) is 0. The zero-order chi connectivity index (χ0) is 16.2. The van der Waals surface area contributed by atoms with Crippen molar-refractivity contribution in [3.63, 3.8) is 0 Å². The molecule has 0 aliphatic heterocycles. The van der Waals surface area contributed by atoms with Gasteiger partial charge in [0, 0.05) is 12.1 Å². The quantitative estimate of drug-likeness (QED) is 0.880. The Kier molecular flexibility index (Phi) is 4.98. The molecule has 1 aliphatic carbocycles. The first-order chi connectivity index (χ1) is 11.2.